The minimum absolute atomic E-state index is 0.157. The van der Waals surface area contributed by atoms with Crippen LogP contribution in [0.4, 0.5) is 4.39 Å². The summed E-state index contributed by atoms with van der Waals surface area (Å²) in [6.45, 7) is 3.52. The van der Waals surface area contributed by atoms with E-state index < -0.39 is 0 Å². The summed E-state index contributed by atoms with van der Waals surface area (Å²) in [6, 6.07) is 11.4. The molecule has 0 aliphatic rings. The fourth-order valence-corrected chi connectivity index (χ4v) is 2.63. The predicted octanol–water partition coefficient (Wildman–Crippen LogP) is 4.97. The Hall–Kier alpha value is -1.54. The van der Waals surface area contributed by atoms with Crippen LogP contribution in [0, 0.1) is 19.7 Å². The summed E-state index contributed by atoms with van der Waals surface area (Å²) in [5.74, 6) is 0.670. The Bertz CT molecular complexity index is 587. The molecule has 0 heterocycles. The van der Waals surface area contributed by atoms with Gasteiger partial charge < -0.3 is 4.74 Å². The van der Waals surface area contributed by atoms with Crippen molar-refractivity contribution in [1.29, 1.82) is 0 Å². The van der Waals surface area contributed by atoms with Crippen LogP contribution < -0.4 is 4.74 Å². The van der Waals surface area contributed by atoms with Crippen molar-refractivity contribution in [3.05, 3.63) is 64.5 Å². The van der Waals surface area contributed by atoms with Crippen molar-refractivity contribution in [3.8, 4) is 5.75 Å². The molecule has 2 aromatic rings. The lowest BCUT2D eigenvalue weighted by molar-refractivity contribution is 0.409. The lowest BCUT2D eigenvalue weighted by Crippen LogP contribution is -2.01. The van der Waals surface area contributed by atoms with E-state index in [0.717, 1.165) is 16.9 Å². The average molecular weight is 293 g/mol. The van der Waals surface area contributed by atoms with Gasteiger partial charge in [-0.05, 0) is 48.6 Å². The maximum absolute atomic E-state index is 13.7. The summed E-state index contributed by atoms with van der Waals surface area (Å²) in [7, 11) is 1.65. The highest BCUT2D eigenvalue weighted by atomic mass is 35.5. The molecule has 2 aromatic carbocycles. The Balaban J connectivity index is 2.26. The van der Waals surface area contributed by atoms with E-state index in [1.807, 2.05) is 36.4 Å². The number of ether oxygens (including phenoxy) is 1. The fourth-order valence-electron chi connectivity index (χ4n) is 2.34. The smallest absolute Gasteiger partial charge is 0.129 e. The molecule has 0 bridgehead atoms. The summed E-state index contributed by atoms with van der Waals surface area (Å²) < 4.78 is 19.0. The van der Waals surface area contributed by atoms with Crippen molar-refractivity contribution in [2.75, 3.05) is 7.11 Å². The van der Waals surface area contributed by atoms with Gasteiger partial charge in [-0.15, -0.1) is 11.6 Å². The average Bonchev–Trinajstić information content (AvgIpc) is 2.44. The van der Waals surface area contributed by atoms with E-state index in [1.54, 1.807) is 21.0 Å². The summed E-state index contributed by atoms with van der Waals surface area (Å²) in [5, 5.41) is -0.204. The van der Waals surface area contributed by atoms with Crippen LogP contribution in [0.5, 0.6) is 5.75 Å². The van der Waals surface area contributed by atoms with Gasteiger partial charge in [0.05, 0.1) is 12.5 Å². The second-order valence-electron chi connectivity index (χ2n) is 4.95. The highest BCUT2D eigenvalue weighted by Gasteiger charge is 2.14. The van der Waals surface area contributed by atoms with E-state index in [0.29, 0.717) is 17.5 Å². The summed E-state index contributed by atoms with van der Waals surface area (Å²) in [6.07, 6.45) is 0.649. The van der Waals surface area contributed by atoms with Crippen molar-refractivity contribution in [3.63, 3.8) is 0 Å². The van der Waals surface area contributed by atoms with Crippen LogP contribution in [0.2, 0.25) is 0 Å². The minimum atomic E-state index is -0.204. The molecule has 20 heavy (non-hydrogen) atoms. The molecule has 0 fully saturated rings. The molecule has 0 radical (unpaired) electrons. The number of hydrogen-bond donors (Lipinski definition) is 0. The number of methoxy groups -OCH3 is 1. The van der Waals surface area contributed by atoms with E-state index in [1.165, 1.54) is 0 Å². The van der Waals surface area contributed by atoms with E-state index in [4.69, 9.17) is 16.3 Å². The first-order chi connectivity index (χ1) is 9.52. The molecular formula is C17H18ClFO. The van der Waals surface area contributed by atoms with Crippen LogP contribution in [0.3, 0.4) is 0 Å². The number of aryl methyl sites for hydroxylation is 2. The van der Waals surface area contributed by atoms with Gasteiger partial charge in [0.2, 0.25) is 0 Å². The minimum Gasteiger partial charge on any atom is -0.496 e. The van der Waals surface area contributed by atoms with Gasteiger partial charge in [0.25, 0.3) is 0 Å². The number of benzene rings is 2. The Morgan fingerprint density at radius 1 is 1.15 bits per heavy atom. The largest absolute Gasteiger partial charge is 0.496 e. The zero-order valence-electron chi connectivity index (χ0n) is 11.9. The number of hydrogen-bond acceptors (Lipinski definition) is 1. The van der Waals surface area contributed by atoms with E-state index >= 15 is 0 Å². The van der Waals surface area contributed by atoms with E-state index in [9.17, 15) is 4.39 Å². The molecular weight excluding hydrogens is 275 g/mol. The van der Waals surface area contributed by atoms with Crippen LogP contribution in [-0.4, -0.2) is 7.11 Å². The summed E-state index contributed by atoms with van der Waals surface area (Å²) >= 11 is 6.49. The van der Waals surface area contributed by atoms with Gasteiger partial charge >= 0.3 is 0 Å². The van der Waals surface area contributed by atoms with Gasteiger partial charge in [0.15, 0.2) is 0 Å². The second-order valence-corrected chi connectivity index (χ2v) is 5.48. The molecule has 0 N–H and O–H groups in total. The Morgan fingerprint density at radius 3 is 2.35 bits per heavy atom. The highest BCUT2D eigenvalue weighted by Crippen LogP contribution is 2.31. The second kappa shape index (κ2) is 6.27. The van der Waals surface area contributed by atoms with Gasteiger partial charge in [-0.25, -0.2) is 4.39 Å². The Kier molecular flexibility index (Phi) is 4.66. The van der Waals surface area contributed by atoms with Crippen molar-refractivity contribution < 1.29 is 9.13 Å². The first-order valence-electron chi connectivity index (χ1n) is 6.55. The highest BCUT2D eigenvalue weighted by molar-refractivity contribution is 6.21. The lowest BCUT2D eigenvalue weighted by atomic mass is 9.99. The van der Waals surface area contributed by atoms with Crippen molar-refractivity contribution in [1.82, 2.24) is 0 Å². The molecule has 0 aliphatic carbocycles. The number of halogens is 2. The standard InChI is InChI=1S/C17H18ClFO/c1-11-8-14(9-12(2)17(11)19)15(18)10-13-6-4-5-7-16(13)20-3/h4-9,15H,10H2,1-3H3. The molecule has 1 atom stereocenters. The van der Waals surface area contributed by atoms with Crippen molar-refractivity contribution >= 4 is 11.6 Å². The van der Waals surface area contributed by atoms with Crippen LogP contribution in [0.15, 0.2) is 36.4 Å². The molecule has 3 heteroatoms. The summed E-state index contributed by atoms with van der Waals surface area (Å²) in [4.78, 5) is 0. The third-order valence-electron chi connectivity index (χ3n) is 3.41. The molecule has 0 aromatic heterocycles. The first-order valence-corrected chi connectivity index (χ1v) is 6.99. The Labute approximate surface area is 124 Å². The molecule has 0 aliphatic heterocycles. The monoisotopic (exact) mass is 292 g/mol. The van der Waals surface area contributed by atoms with E-state index in [2.05, 4.69) is 0 Å². The van der Waals surface area contributed by atoms with Gasteiger partial charge in [-0.2, -0.15) is 0 Å². The van der Waals surface area contributed by atoms with Crippen LogP contribution in [0.1, 0.15) is 27.6 Å². The maximum Gasteiger partial charge on any atom is 0.129 e. The number of para-hydroxylation sites is 1. The molecule has 2 rings (SSSR count). The molecule has 0 saturated carbocycles. The topological polar surface area (TPSA) is 9.23 Å². The molecule has 0 saturated heterocycles. The molecule has 106 valence electrons. The molecule has 1 nitrogen and oxygen atoms in total. The Morgan fingerprint density at radius 2 is 1.75 bits per heavy atom. The first kappa shape index (κ1) is 14.9. The predicted molar refractivity (Wildman–Crippen MR) is 81.2 cm³/mol. The van der Waals surface area contributed by atoms with Gasteiger partial charge in [-0.1, -0.05) is 30.3 Å². The van der Waals surface area contributed by atoms with Crippen molar-refractivity contribution in [2.45, 2.75) is 25.6 Å². The third kappa shape index (κ3) is 3.13. The van der Waals surface area contributed by atoms with Crippen LogP contribution in [-0.2, 0) is 6.42 Å². The molecule has 0 spiro atoms. The zero-order chi connectivity index (χ0) is 14.7. The zero-order valence-corrected chi connectivity index (χ0v) is 12.7. The summed E-state index contributed by atoms with van der Waals surface area (Å²) in [5.41, 5.74) is 3.25. The third-order valence-corrected chi connectivity index (χ3v) is 3.82. The van der Waals surface area contributed by atoms with Crippen LogP contribution in [0.25, 0.3) is 0 Å². The number of rotatable bonds is 4. The molecule has 1 unspecified atom stereocenters. The quantitative estimate of drug-likeness (QED) is 0.723. The number of alkyl halides is 1. The van der Waals surface area contributed by atoms with Gasteiger partial charge in [0, 0.05) is 0 Å². The van der Waals surface area contributed by atoms with Gasteiger partial charge in [-0.3, -0.25) is 0 Å². The molecule has 0 amide bonds. The van der Waals surface area contributed by atoms with Crippen molar-refractivity contribution in [2.24, 2.45) is 0 Å². The normalized spacial score (nSPS) is 12.2. The van der Waals surface area contributed by atoms with E-state index in [-0.39, 0.29) is 11.2 Å². The lowest BCUT2D eigenvalue weighted by Gasteiger charge is -2.14. The maximum atomic E-state index is 13.7. The fraction of sp³-hybridized carbons (Fsp3) is 0.294. The SMILES string of the molecule is COc1ccccc1CC(Cl)c1cc(C)c(F)c(C)c1. The van der Waals surface area contributed by atoms with Crippen LogP contribution >= 0.6 is 11.6 Å². The van der Waals surface area contributed by atoms with Gasteiger partial charge in [0.1, 0.15) is 11.6 Å².